The summed E-state index contributed by atoms with van der Waals surface area (Å²) in [5, 5.41) is 18.2. The van der Waals surface area contributed by atoms with E-state index in [0.717, 1.165) is 0 Å². The summed E-state index contributed by atoms with van der Waals surface area (Å²) in [5.41, 5.74) is -1.04. The van der Waals surface area contributed by atoms with E-state index in [2.05, 4.69) is 0 Å². The van der Waals surface area contributed by atoms with Crippen LogP contribution in [0.4, 0.5) is 0 Å². The fourth-order valence-electron chi connectivity index (χ4n) is 0.999. The van der Waals surface area contributed by atoms with E-state index in [1.165, 1.54) is 0 Å². The number of carboxylic acid groups (broad SMARTS) is 1. The van der Waals surface area contributed by atoms with E-state index in [9.17, 15) is 9.90 Å². The van der Waals surface area contributed by atoms with Gasteiger partial charge in [-0.25, -0.2) is 0 Å². The summed E-state index contributed by atoms with van der Waals surface area (Å²) in [6, 6.07) is 0. The van der Waals surface area contributed by atoms with Crippen molar-refractivity contribution in [2.45, 2.75) is 39.2 Å². The minimum Gasteiger partial charge on any atom is -0.481 e. The summed E-state index contributed by atoms with van der Waals surface area (Å²) < 4.78 is 0. The Labute approximate surface area is 67.0 Å². The Kier molecular flexibility index (Phi) is 3.52. The predicted molar refractivity (Wildman–Crippen MR) is 42.3 cm³/mol. The van der Waals surface area contributed by atoms with Crippen LogP contribution < -0.4 is 0 Å². The lowest BCUT2D eigenvalue weighted by Crippen LogP contribution is -2.36. The van der Waals surface area contributed by atoms with E-state index in [0.29, 0.717) is 6.42 Å². The maximum absolute atomic E-state index is 10.3. The fourth-order valence-corrected chi connectivity index (χ4v) is 0.999. The van der Waals surface area contributed by atoms with Crippen molar-refractivity contribution in [1.82, 2.24) is 0 Å². The average Bonchev–Trinajstić information content (AvgIpc) is 1.86. The van der Waals surface area contributed by atoms with Crippen molar-refractivity contribution in [2.24, 2.45) is 5.92 Å². The molecule has 0 aromatic carbocycles. The third kappa shape index (κ3) is 2.89. The molecule has 11 heavy (non-hydrogen) atoms. The second kappa shape index (κ2) is 3.72. The molecule has 0 spiro atoms. The minimum absolute atomic E-state index is 0.0106. The molecule has 0 aliphatic rings. The maximum atomic E-state index is 10.3. The number of hydrogen-bond donors (Lipinski definition) is 2. The van der Waals surface area contributed by atoms with Gasteiger partial charge in [-0.3, -0.25) is 4.79 Å². The molecule has 3 heteroatoms. The van der Waals surface area contributed by atoms with Crippen molar-refractivity contribution < 1.29 is 15.0 Å². The predicted octanol–water partition coefficient (Wildman–Crippen LogP) is 1.26. The highest BCUT2D eigenvalue weighted by Crippen LogP contribution is 2.24. The van der Waals surface area contributed by atoms with Gasteiger partial charge in [-0.05, 0) is 12.3 Å². The zero-order chi connectivity index (χ0) is 9.07. The van der Waals surface area contributed by atoms with E-state index >= 15 is 0 Å². The molecule has 0 aromatic rings. The Morgan fingerprint density at radius 1 is 1.55 bits per heavy atom. The molecule has 0 saturated carbocycles. The molecule has 0 amide bonds. The highest BCUT2D eigenvalue weighted by Gasteiger charge is 2.31. The van der Waals surface area contributed by atoms with Crippen molar-refractivity contribution in [3.63, 3.8) is 0 Å². The SMILES string of the molecule is CCC(O)(CC(=O)O)C(C)C. The van der Waals surface area contributed by atoms with Gasteiger partial charge in [-0.15, -0.1) is 0 Å². The van der Waals surface area contributed by atoms with Crippen LogP contribution in [0.3, 0.4) is 0 Å². The molecule has 0 rings (SSSR count). The van der Waals surface area contributed by atoms with Gasteiger partial charge in [0.15, 0.2) is 0 Å². The van der Waals surface area contributed by atoms with E-state index in [4.69, 9.17) is 5.11 Å². The lowest BCUT2D eigenvalue weighted by atomic mass is 9.85. The van der Waals surface area contributed by atoms with Crippen molar-refractivity contribution in [3.05, 3.63) is 0 Å². The summed E-state index contributed by atoms with van der Waals surface area (Å²) >= 11 is 0. The molecule has 0 fully saturated rings. The molecular formula is C8H16O3. The molecule has 0 aliphatic carbocycles. The normalized spacial score (nSPS) is 16.5. The topological polar surface area (TPSA) is 57.5 Å². The third-order valence-electron chi connectivity index (χ3n) is 2.14. The summed E-state index contributed by atoms with van der Waals surface area (Å²) in [7, 11) is 0. The second-order valence-electron chi connectivity index (χ2n) is 3.18. The van der Waals surface area contributed by atoms with Crippen LogP contribution in [-0.2, 0) is 4.79 Å². The van der Waals surface area contributed by atoms with Gasteiger partial charge in [0, 0.05) is 0 Å². The van der Waals surface area contributed by atoms with Crippen LogP contribution in [0.15, 0.2) is 0 Å². The Balaban J connectivity index is 4.22. The summed E-state index contributed by atoms with van der Waals surface area (Å²) in [6.45, 7) is 5.45. The molecule has 0 bridgehead atoms. The lowest BCUT2D eigenvalue weighted by Gasteiger charge is -2.29. The molecule has 0 saturated heterocycles. The molecule has 3 nitrogen and oxygen atoms in total. The lowest BCUT2D eigenvalue weighted by molar-refractivity contribution is -0.144. The van der Waals surface area contributed by atoms with Crippen LogP contribution in [0, 0.1) is 5.92 Å². The van der Waals surface area contributed by atoms with Crippen LogP contribution in [0.2, 0.25) is 0 Å². The summed E-state index contributed by atoms with van der Waals surface area (Å²) in [5.74, 6) is -0.952. The van der Waals surface area contributed by atoms with Gasteiger partial charge in [0.05, 0.1) is 12.0 Å². The first-order chi connectivity index (χ1) is 4.92. The first-order valence-electron chi connectivity index (χ1n) is 3.86. The number of rotatable bonds is 4. The highest BCUT2D eigenvalue weighted by molar-refractivity contribution is 5.68. The Morgan fingerprint density at radius 3 is 2.09 bits per heavy atom. The van der Waals surface area contributed by atoms with Gasteiger partial charge in [-0.2, -0.15) is 0 Å². The Morgan fingerprint density at radius 2 is 2.00 bits per heavy atom. The molecule has 0 aromatic heterocycles. The van der Waals surface area contributed by atoms with Crippen molar-refractivity contribution in [1.29, 1.82) is 0 Å². The highest BCUT2D eigenvalue weighted by atomic mass is 16.4. The average molecular weight is 160 g/mol. The molecule has 1 unspecified atom stereocenters. The second-order valence-corrected chi connectivity index (χ2v) is 3.18. The van der Waals surface area contributed by atoms with Crippen LogP contribution >= 0.6 is 0 Å². The molecular weight excluding hydrogens is 144 g/mol. The molecule has 0 aliphatic heterocycles. The van der Waals surface area contributed by atoms with Gasteiger partial charge >= 0.3 is 5.97 Å². The molecule has 66 valence electrons. The number of carboxylic acids is 1. The number of carbonyl (C=O) groups is 1. The quantitative estimate of drug-likeness (QED) is 0.651. The minimum atomic E-state index is -1.04. The standard InChI is InChI=1S/C8H16O3/c1-4-8(11,6(2)3)5-7(9)10/h6,11H,4-5H2,1-3H3,(H,9,10). The number of aliphatic hydroxyl groups is 1. The molecule has 0 heterocycles. The van der Waals surface area contributed by atoms with Gasteiger partial charge in [-0.1, -0.05) is 20.8 Å². The van der Waals surface area contributed by atoms with E-state index in [1.807, 2.05) is 13.8 Å². The van der Waals surface area contributed by atoms with E-state index < -0.39 is 11.6 Å². The van der Waals surface area contributed by atoms with Crippen LogP contribution in [0.5, 0.6) is 0 Å². The smallest absolute Gasteiger partial charge is 0.306 e. The van der Waals surface area contributed by atoms with Crippen molar-refractivity contribution in [2.75, 3.05) is 0 Å². The van der Waals surface area contributed by atoms with Crippen molar-refractivity contribution in [3.8, 4) is 0 Å². The first-order valence-corrected chi connectivity index (χ1v) is 3.86. The number of aliphatic carboxylic acids is 1. The molecule has 1 atom stereocenters. The van der Waals surface area contributed by atoms with Gasteiger partial charge in [0.2, 0.25) is 0 Å². The Bertz CT molecular complexity index is 142. The largest absolute Gasteiger partial charge is 0.481 e. The summed E-state index contributed by atoms with van der Waals surface area (Å²) in [4.78, 5) is 10.3. The fraction of sp³-hybridized carbons (Fsp3) is 0.875. The van der Waals surface area contributed by atoms with Gasteiger partial charge in [0.1, 0.15) is 0 Å². The zero-order valence-corrected chi connectivity index (χ0v) is 7.29. The molecule has 0 radical (unpaired) electrons. The first kappa shape index (κ1) is 10.4. The van der Waals surface area contributed by atoms with Crippen LogP contribution in [-0.4, -0.2) is 21.8 Å². The maximum Gasteiger partial charge on any atom is 0.306 e. The molecule has 2 N–H and O–H groups in total. The zero-order valence-electron chi connectivity index (χ0n) is 7.29. The van der Waals surface area contributed by atoms with E-state index in [1.54, 1.807) is 6.92 Å². The van der Waals surface area contributed by atoms with Crippen molar-refractivity contribution >= 4 is 5.97 Å². The third-order valence-corrected chi connectivity index (χ3v) is 2.14. The van der Waals surface area contributed by atoms with Gasteiger partial charge < -0.3 is 10.2 Å². The van der Waals surface area contributed by atoms with E-state index in [-0.39, 0.29) is 12.3 Å². The van der Waals surface area contributed by atoms with Crippen LogP contribution in [0.25, 0.3) is 0 Å². The van der Waals surface area contributed by atoms with Crippen LogP contribution in [0.1, 0.15) is 33.6 Å². The van der Waals surface area contributed by atoms with Gasteiger partial charge in [0.25, 0.3) is 0 Å². The Hall–Kier alpha value is -0.570. The summed E-state index contributed by atoms with van der Waals surface area (Å²) in [6.07, 6.45) is 0.318. The number of hydrogen-bond acceptors (Lipinski definition) is 2. The monoisotopic (exact) mass is 160 g/mol.